The van der Waals surface area contributed by atoms with E-state index in [-0.39, 0.29) is 5.91 Å². The van der Waals surface area contributed by atoms with Gasteiger partial charge in [0.2, 0.25) is 0 Å². The van der Waals surface area contributed by atoms with Gasteiger partial charge in [-0.2, -0.15) is 5.10 Å². The van der Waals surface area contributed by atoms with Crippen LogP contribution in [0.25, 0.3) is 5.82 Å². The van der Waals surface area contributed by atoms with Crippen molar-refractivity contribution in [2.75, 3.05) is 49.1 Å². The van der Waals surface area contributed by atoms with Crippen LogP contribution in [0, 0.1) is 5.92 Å². The number of piperazine rings is 1. The van der Waals surface area contributed by atoms with Gasteiger partial charge in [0, 0.05) is 45.3 Å². The van der Waals surface area contributed by atoms with Gasteiger partial charge in [0.15, 0.2) is 17.3 Å². The van der Waals surface area contributed by atoms with Gasteiger partial charge in [-0.3, -0.25) is 4.79 Å². The van der Waals surface area contributed by atoms with Crippen LogP contribution in [-0.2, 0) is 6.42 Å². The van der Waals surface area contributed by atoms with E-state index in [1.54, 1.807) is 11.0 Å². The third-order valence-corrected chi connectivity index (χ3v) is 7.36. The molecule has 1 amide bonds. The molecular weight excluding hydrogens is 480 g/mol. The topological polar surface area (TPSA) is 109 Å². The molecule has 2 aliphatic rings. The van der Waals surface area contributed by atoms with E-state index in [1.165, 1.54) is 18.2 Å². The fourth-order valence-corrected chi connectivity index (χ4v) is 5.18. The second-order valence-corrected chi connectivity index (χ2v) is 9.75. The molecule has 0 saturated carbocycles. The summed E-state index contributed by atoms with van der Waals surface area (Å²) >= 11 is 0. The standard InChI is InChI=1S/C27H30N10O/c38-27(36-14-12-35(13-15-36)25-17-26(30-19-29-25)37-20-28-18-31-37)23-6-7-24(33-32-23)34-10-8-22(9-11-34)16-21-4-2-1-3-5-21/h1-7,17-20,22H,8-16H2. The molecule has 0 unspecified atom stereocenters. The molecule has 2 saturated heterocycles. The Morgan fingerprint density at radius 1 is 0.789 bits per heavy atom. The van der Waals surface area contributed by atoms with Crippen LogP contribution in [-0.4, -0.2) is 85.0 Å². The molecule has 11 heteroatoms. The van der Waals surface area contributed by atoms with E-state index in [0.29, 0.717) is 43.6 Å². The number of carbonyl (C=O) groups is 1. The van der Waals surface area contributed by atoms with Crippen LogP contribution in [0.1, 0.15) is 28.9 Å². The molecular formula is C27H30N10O. The summed E-state index contributed by atoms with van der Waals surface area (Å²) in [6, 6.07) is 16.3. The number of anilines is 2. The lowest BCUT2D eigenvalue weighted by Gasteiger charge is -2.35. The van der Waals surface area contributed by atoms with Crippen molar-refractivity contribution in [3.63, 3.8) is 0 Å². The molecule has 38 heavy (non-hydrogen) atoms. The number of hydrogen-bond donors (Lipinski definition) is 0. The third kappa shape index (κ3) is 5.31. The second-order valence-electron chi connectivity index (χ2n) is 9.75. The molecule has 3 aromatic heterocycles. The summed E-state index contributed by atoms with van der Waals surface area (Å²) in [6.45, 7) is 4.43. The molecule has 0 radical (unpaired) electrons. The molecule has 0 N–H and O–H groups in total. The maximum atomic E-state index is 13.1. The highest BCUT2D eigenvalue weighted by atomic mass is 16.2. The summed E-state index contributed by atoms with van der Waals surface area (Å²) in [5.74, 6) is 2.90. The Morgan fingerprint density at radius 3 is 2.26 bits per heavy atom. The van der Waals surface area contributed by atoms with Gasteiger partial charge in [-0.05, 0) is 42.9 Å². The minimum atomic E-state index is -0.0868. The van der Waals surface area contributed by atoms with Gasteiger partial charge in [-0.25, -0.2) is 19.6 Å². The first-order valence-electron chi connectivity index (χ1n) is 13.1. The molecule has 2 aliphatic heterocycles. The fraction of sp³-hybridized carbons (Fsp3) is 0.370. The van der Waals surface area contributed by atoms with Crippen molar-refractivity contribution < 1.29 is 4.79 Å². The molecule has 194 valence electrons. The Labute approximate surface area is 221 Å². The number of nitrogens with zero attached hydrogens (tertiary/aromatic N) is 10. The summed E-state index contributed by atoms with van der Waals surface area (Å²) < 4.78 is 1.60. The Morgan fingerprint density at radius 2 is 1.55 bits per heavy atom. The van der Waals surface area contributed by atoms with Gasteiger partial charge in [0.1, 0.15) is 24.8 Å². The van der Waals surface area contributed by atoms with Crippen LogP contribution in [0.4, 0.5) is 11.6 Å². The Hall–Kier alpha value is -4.41. The van der Waals surface area contributed by atoms with Crippen LogP contribution >= 0.6 is 0 Å². The zero-order valence-corrected chi connectivity index (χ0v) is 21.2. The highest BCUT2D eigenvalue weighted by Gasteiger charge is 2.25. The minimum absolute atomic E-state index is 0.0868. The van der Waals surface area contributed by atoms with Crippen molar-refractivity contribution in [2.24, 2.45) is 5.92 Å². The first kappa shape index (κ1) is 24.0. The van der Waals surface area contributed by atoms with E-state index in [1.807, 2.05) is 23.1 Å². The van der Waals surface area contributed by atoms with E-state index < -0.39 is 0 Å². The van der Waals surface area contributed by atoms with E-state index in [0.717, 1.165) is 44.0 Å². The van der Waals surface area contributed by atoms with Gasteiger partial charge >= 0.3 is 0 Å². The summed E-state index contributed by atoms with van der Waals surface area (Å²) in [5, 5.41) is 12.8. The number of piperidine rings is 1. The van der Waals surface area contributed by atoms with Crippen molar-refractivity contribution in [3.05, 3.63) is 78.8 Å². The molecule has 0 aliphatic carbocycles. The van der Waals surface area contributed by atoms with Gasteiger partial charge in [-0.15, -0.1) is 10.2 Å². The predicted molar refractivity (Wildman–Crippen MR) is 142 cm³/mol. The Kier molecular flexibility index (Phi) is 6.88. The molecule has 2 fully saturated rings. The van der Waals surface area contributed by atoms with E-state index in [2.05, 4.69) is 70.4 Å². The highest BCUT2D eigenvalue weighted by molar-refractivity contribution is 5.92. The molecule has 6 rings (SSSR count). The zero-order chi connectivity index (χ0) is 25.7. The van der Waals surface area contributed by atoms with Crippen LogP contribution in [0.5, 0.6) is 0 Å². The second kappa shape index (κ2) is 10.9. The quantitative estimate of drug-likeness (QED) is 0.386. The minimum Gasteiger partial charge on any atom is -0.355 e. The van der Waals surface area contributed by atoms with Gasteiger partial charge < -0.3 is 14.7 Å². The smallest absolute Gasteiger partial charge is 0.274 e. The first-order chi connectivity index (χ1) is 18.7. The number of aromatic nitrogens is 7. The third-order valence-electron chi connectivity index (χ3n) is 7.36. The average Bonchev–Trinajstić information content (AvgIpc) is 3.54. The molecule has 0 atom stereocenters. The average molecular weight is 511 g/mol. The van der Waals surface area contributed by atoms with Gasteiger partial charge in [0.05, 0.1) is 0 Å². The Balaban J connectivity index is 1.01. The fourth-order valence-electron chi connectivity index (χ4n) is 5.18. The first-order valence-corrected chi connectivity index (χ1v) is 13.1. The SMILES string of the molecule is O=C(c1ccc(N2CCC(Cc3ccccc3)CC2)nn1)N1CCN(c2cc(-n3cncn3)ncn2)CC1. The molecule has 5 heterocycles. The molecule has 11 nitrogen and oxygen atoms in total. The monoisotopic (exact) mass is 510 g/mol. The molecule has 0 spiro atoms. The van der Waals surface area contributed by atoms with Crippen LogP contribution in [0.3, 0.4) is 0 Å². The van der Waals surface area contributed by atoms with Crippen molar-refractivity contribution in [1.29, 1.82) is 0 Å². The normalized spacial score (nSPS) is 16.6. The summed E-state index contributed by atoms with van der Waals surface area (Å²) in [5.41, 5.74) is 1.79. The lowest BCUT2D eigenvalue weighted by atomic mass is 9.90. The number of hydrogen-bond acceptors (Lipinski definition) is 9. The number of rotatable bonds is 6. The number of carbonyl (C=O) groups excluding carboxylic acids is 1. The van der Waals surface area contributed by atoms with Crippen LogP contribution in [0.2, 0.25) is 0 Å². The lowest BCUT2D eigenvalue weighted by molar-refractivity contribution is 0.0739. The predicted octanol–water partition coefficient (Wildman–Crippen LogP) is 2.27. The number of amides is 1. The maximum Gasteiger partial charge on any atom is 0.274 e. The van der Waals surface area contributed by atoms with Crippen LogP contribution < -0.4 is 9.80 Å². The largest absolute Gasteiger partial charge is 0.355 e. The van der Waals surface area contributed by atoms with Crippen molar-refractivity contribution >= 4 is 17.5 Å². The highest BCUT2D eigenvalue weighted by Crippen LogP contribution is 2.25. The van der Waals surface area contributed by atoms with Gasteiger partial charge in [0.25, 0.3) is 5.91 Å². The number of benzene rings is 1. The van der Waals surface area contributed by atoms with Crippen molar-refractivity contribution in [2.45, 2.75) is 19.3 Å². The summed E-state index contributed by atoms with van der Waals surface area (Å²) in [6.07, 6.45) is 7.98. The molecule has 4 aromatic rings. The summed E-state index contributed by atoms with van der Waals surface area (Å²) in [4.78, 5) is 32.0. The van der Waals surface area contributed by atoms with E-state index >= 15 is 0 Å². The molecule has 0 bridgehead atoms. The van der Waals surface area contributed by atoms with Crippen LogP contribution in [0.15, 0.2) is 67.5 Å². The maximum absolute atomic E-state index is 13.1. The zero-order valence-electron chi connectivity index (χ0n) is 21.2. The molecule has 1 aromatic carbocycles. The van der Waals surface area contributed by atoms with E-state index in [9.17, 15) is 4.79 Å². The van der Waals surface area contributed by atoms with Crippen molar-refractivity contribution in [1.82, 2.24) is 39.8 Å². The Bertz CT molecular complexity index is 1330. The summed E-state index contributed by atoms with van der Waals surface area (Å²) in [7, 11) is 0. The van der Waals surface area contributed by atoms with Gasteiger partial charge in [-0.1, -0.05) is 30.3 Å². The van der Waals surface area contributed by atoms with Crippen molar-refractivity contribution in [3.8, 4) is 5.82 Å². The van der Waals surface area contributed by atoms with E-state index in [4.69, 9.17) is 0 Å². The lowest BCUT2D eigenvalue weighted by Crippen LogP contribution is -2.49.